The van der Waals surface area contributed by atoms with Crippen LogP contribution in [0.25, 0.3) is 10.2 Å². The number of hydrogen-bond acceptors (Lipinski definition) is 8. The first-order chi connectivity index (χ1) is 18.3. The van der Waals surface area contributed by atoms with Gasteiger partial charge in [-0.2, -0.15) is 4.31 Å². The Kier molecular flexibility index (Phi) is 11.0. The van der Waals surface area contributed by atoms with E-state index in [9.17, 15) is 13.2 Å². The van der Waals surface area contributed by atoms with Gasteiger partial charge in [-0.05, 0) is 76.3 Å². The van der Waals surface area contributed by atoms with Crippen molar-refractivity contribution < 1.29 is 22.7 Å². The molecule has 4 rings (SSSR count). The number of sulfonamides is 1. The molecule has 0 aliphatic carbocycles. The number of carbonyl (C=O) groups is 1. The Labute approximate surface area is 241 Å². The van der Waals surface area contributed by atoms with Gasteiger partial charge in [-0.15, -0.1) is 12.4 Å². The van der Waals surface area contributed by atoms with Gasteiger partial charge in [-0.25, -0.2) is 13.4 Å². The second kappa shape index (κ2) is 13.8. The van der Waals surface area contributed by atoms with Crippen molar-refractivity contribution in [2.75, 3.05) is 59.4 Å². The van der Waals surface area contributed by atoms with Gasteiger partial charge in [0, 0.05) is 25.2 Å². The third-order valence-corrected chi connectivity index (χ3v) is 9.67. The summed E-state index contributed by atoms with van der Waals surface area (Å²) in [5.74, 6) is 1.03. The quantitative estimate of drug-likeness (QED) is 0.329. The lowest BCUT2D eigenvalue weighted by Crippen LogP contribution is -2.34. The third-order valence-electron chi connectivity index (χ3n) is 6.67. The number of halogens is 1. The largest absolute Gasteiger partial charge is 0.495 e. The molecule has 2 heterocycles. The van der Waals surface area contributed by atoms with Gasteiger partial charge in [0.25, 0.3) is 5.91 Å². The van der Waals surface area contributed by atoms with Gasteiger partial charge in [-0.3, -0.25) is 9.69 Å². The Balaban J connectivity index is 0.00000420. The Hall–Kier alpha value is -2.44. The summed E-state index contributed by atoms with van der Waals surface area (Å²) in [6.07, 6.45) is 4.58. The molecule has 214 valence electrons. The molecule has 39 heavy (non-hydrogen) atoms. The van der Waals surface area contributed by atoms with E-state index in [4.69, 9.17) is 14.5 Å². The molecule has 1 aliphatic heterocycles. The molecule has 1 fully saturated rings. The normalized spacial score (nSPS) is 14.6. The van der Waals surface area contributed by atoms with Crippen molar-refractivity contribution in [2.24, 2.45) is 0 Å². The van der Waals surface area contributed by atoms with Gasteiger partial charge in [0.2, 0.25) is 10.0 Å². The lowest BCUT2D eigenvalue weighted by molar-refractivity contribution is 0.0986. The number of carbonyl (C=O) groups excluding carboxylic acids is 1. The van der Waals surface area contributed by atoms with Crippen LogP contribution in [-0.2, 0) is 10.0 Å². The average Bonchev–Trinajstić information content (AvgIpc) is 3.16. The van der Waals surface area contributed by atoms with E-state index in [0.717, 1.165) is 43.3 Å². The lowest BCUT2D eigenvalue weighted by atomic mass is 10.2. The van der Waals surface area contributed by atoms with Crippen molar-refractivity contribution in [2.45, 2.75) is 37.0 Å². The van der Waals surface area contributed by atoms with Crippen LogP contribution in [0.2, 0.25) is 0 Å². The molecule has 3 aromatic rings. The number of methoxy groups -OCH3 is 2. The first-order valence-corrected chi connectivity index (χ1v) is 15.1. The van der Waals surface area contributed by atoms with E-state index in [1.165, 1.54) is 23.5 Å². The van der Waals surface area contributed by atoms with Gasteiger partial charge in [0.05, 0.1) is 19.1 Å². The van der Waals surface area contributed by atoms with E-state index < -0.39 is 10.0 Å². The number of aromatic nitrogens is 1. The Morgan fingerprint density at radius 2 is 1.56 bits per heavy atom. The van der Waals surface area contributed by atoms with E-state index in [2.05, 4.69) is 4.90 Å². The zero-order valence-electron chi connectivity index (χ0n) is 22.9. The van der Waals surface area contributed by atoms with Crippen LogP contribution in [0.5, 0.6) is 11.5 Å². The smallest absolute Gasteiger partial charge is 0.260 e. The number of amides is 1. The SMILES string of the molecule is COc1ccc(OC)c2sc(N(CCCN(C)C)C(=O)c3ccc(S(=O)(=O)N4CCCCCC4)cc3)nc12.Cl. The minimum Gasteiger partial charge on any atom is -0.495 e. The third kappa shape index (κ3) is 7.01. The summed E-state index contributed by atoms with van der Waals surface area (Å²) in [6, 6.07) is 9.89. The van der Waals surface area contributed by atoms with Crippen molar-refractivity contribution in [1.82, 2.24) is 14.2 Å². The fraction of sp³-hybridized carbons (Fsp3) is 0.481. The lowest BCUT2D eigenvalue weighted by Gasteiger charge is -2.22. The number of nitrogens with zero attached hydrogens (tertiary/aromatic N) is 4. The fourth-order valence-electron chi connectivity index (χ4n) is 4.58. The highest BCUT2D eigenvalue weighted by Crippen LogP contribution is 2.40. The van der Waals surface area contributed by atoms with E-state index in [-0.39, 0.29) is 23.2 Å². The second-order valence-electron chi connectivity index (χ2n) is 9.60. The van der Waals surface area contributed by atoms with Gasteiger partial charge in [0.15, 0.2) is 5.13 Å². The van der Waals surface area contributed by atoms with Crippen molar-refractivity contribution in [3.05, 3.63) is 42.0 Å². The maximum absolute atomic E-state index is 13.8. The maximum Gasteiger partial charge on any atom is 0.260 e. The zero-order chi connectivity index (χ0) is 27.3. The van der Waals surface area contributed by atoms with Gasteiger partial charge < -0.3 is 14.4 Å². The van der Waals surface area contributed by atoms with E-state index in [1.807, 2.05) is 20.2 Å². The van der Waals surface area contributed by atoms with Crippen LogP contribution in [0.1, 0.15) is 42.5 Å². The zero-order valence-corrected chi connectivity index (χ0v) is 25.3. The first kappa shape index (κ1) is 31.1. The van der Waals surface area contributed by atoms with Crippen LogP contribution in [-0.4, -0.2) is 83.0 Å². The van der Waals surface area contributed by atoms with Crippen LogP contribution in [0.3, 0.4) is 0 Å². The van der Waals surface area contributed by atoms with Gasteiger partial charge >= 0.3 is 0 Å². The van der Waals surface area contributed by atoms with Crippen LogP contribution < -0.4 is 14.4 Å². The molecule has 12 heteroatoms. The molecular weight excluding hydrogens is 560 g/mol. The number of hydrogen-bond donors (Lipinski definition) is 0. The summed E-state index contributed by atoms with van der Waals surface area (Å²) in [6.45, 7) is 2.32. The number of anilines is 1. The monoisotopic (exact) mass is 596 g/mol. The standard InChI is InChI=1S/C27H36N4O5S2.ClH/c1-29(2)16-9-19-31(27-28-24-22(35-3)14-15-23(36-4)25(24)37-27)26(32)20-10-12-21(13-11-20)38(33,34)30-17-7-5-6-8-18-30;/h10-15H,5-9,16-19H2,1-4H3;1H. The first-order valence-electron chi connectivity index (χ1n) is 12.8. The summed E-state index contributed by atoms with van der Waals surface area (Å²) < 4.78 is 39.8. The number of thiazole rings is 1. The highest BCUT2D eigenvalue weighted by Gasteiger charge is 2.27. The van der Waals surface area contributed by atoms with E-state index in [0.29, 0.717) is 47.3 Å². The Morgan fingerprint density at radius 1 is 0.949 bits per heavy atom. The van der Waals surface area contributed by atoms with Crippen molar-refractivity contribution >= 4 is 55.0 Å². The molecule has 2 aromatic carbocycles. The topological polar surface area (TPSA) is 92.3 Å². The summed E-state index contributed by atoms with van der Waals surface area (Å²) in [4.78, 5) is 22.5. The average molecular weight is 597 g/mol. The minimum atomic E-state index is -3.59. The molecule has 1 aliphatic rings. The number of benzene rings is 2. The van der Waals surface area contributed by atoms with Crippen LogP contribution in [0.15, 0.2) is 41.3 Å². The predicted octanol–water partition coefficient (Wildman–Crippen LogP) is 4.90. The number of rotatable bonds is 10. The number of ether oxygens (including phenoxy) is 2. The molecule has 1 saturated heterocycles. The molecule has 1 amide bonds. The summed E-state index contributed by atoms with van der Waals surface area (Å²) >= 11 is 1.37. The van der Waals surface area contributed by atoms with Crippen LogP contribution in [0.4, 0.5) is 5.13 Å². The van der Waals surface area contributed by atoms with Crippen molar-refractivity contribution in [1.29, 1.82) is 0 Å². The summed E-state index contributed by atoms with van der Waals surface area (Å²) in [5.41, 5.74) is 1.04. The molecule has 0 unspecified atom stereocenters. The molecule has 0 atom stereocenters. The maximum atomic E-state index is 13.8. The summed E-state index contributed by atoms with van der Waals surface area (Å²) in [7, 11) is 3.57. The van der Waals surface area contributed by atoms with Crippen LogP contribution in [0, 0.1) is 0 Å². The van der Waals surface area contributed by atoms with E-state index in [1.54, 1.807) is 41.6 Å². The van der Waals surface area contributed by atoms with Crippen molar-refractivity contribution in [3.8, 4) is 11.5 Å². The second-order valence-corrected chi connectivity index (χ2v) is 12.5. The molecule has 9 nitrogen and oxygen atoms in total. The Bertz CT molecular complexity index is 1310. The molecule has 0 spiro atoms. The molecule has 0 radical (unpaired) electrons. The summed E-state index contributed by atoms with van der Waals surface area (Å²) in [5, 5.41) is 0.535. The molecule has 0 N–H and O–H groups in total. The van der Waals surface area contributed by atoms with Gasteiger partial charge in [0.1, 0.15) is 21.7 Å². The van der Waals surface area contributed by atoms with Crippen LogP contribution >= 0.6 is 23.7 Å². The van der Waals surface area contributed by atoms with E-state index >= 15 is 0 Å². The predicted molar refractivity (Wildman–Crippen MR) is 158 cm³/mol. The number of fused-ring (bicyclic) bond motifs is 1. The molecule has 1 aromatic heterocycles. The highest BCUT2D eigenvalue weighted by molar-refractivity contribution is 7.89. The van der Waals surface area contributed by atoms with Crippen molar-refractivity contribution in [3.63, 3.8) is 0 Å². The Morgan fingerprint density at radius 3 is 2.15 bits per heavy atom. The minimum absolute atomic E-state index is 0. The highest BCUT2D eigenvalue weighted by atomic mass is 35.5. The molecule has 0 saturated carbocycles. The van der Waals surface area contributed by atoms with Gasteiger partial charge in [-0.1, -0.05) is 24.2 Å². The fourth-order valence-corrected chi connectivity index (χ4v) is 7.19. The molecule has 0 bridgehead atoms. The molecular formula is C27H37ClN4O5S2.